The van der Waals surface area contributed by atoms with Crippen LogP contribution in [0.1, 0.15) is 34.3 Å². The second kappa shape index (κ2) is 9.24. The molecule has 2 aliphatic rings. The molecule has 172 valence electrons. The Labute approximate surface area is 189 Å². The normalized spacial score (nSPS) is 20.5. The van der Waals surface area contributed by atoms with Gasteiger partial charge < -0.3 is 15.5 Å². The summed E-state index contributed by atoms with van der Waals surface area (Å²) in [5, 5.41) is 9.06. The summed E-state index contributed by atoms with van der Waals surface area (Å²) in [6, 6.07) is 8.88. The van der Waals surface area contributed by atoms with Gasteiger partial charge in [-0.25, -0.2) is 13.2 Å². The molecule has 3 atom stereocenters. The Kier molecular flexibility index (Phi) is 6.38. The van der Waals surface area contributed by atoms with Crippen LogP contribution < -0.4 is 5.73 Å². The van der Waals surface area contributed by atoms with E-state index in [2.05, 4.69) is 0 Å². The second-order valence-electron chi connectivity index (χ2n) is 8.63. The number of fused-ring (bicyclic) bond motifs is 1. The van der Waals surface area contributed by atoms with Crippen LogP contribution in [0.15, 0.2) is 36.4 Å². The third-order valence-electron chi connectivity index (χ3n) is 6.40. The lowest BCUT2D eigenvalue weighted by molar-refractivity contribution is -0.132. The SMILES string of the molecule is N#Cc1cccc(C(=O)N2C[C@@H]3CCN(C(=O)C[C@H](N)Cc4cc(F)c(F)cc4F)[C@@H]3C2)c1. The Morgan fingerprint density at radius 1 is 1.12 bits per heavy atom. The molecule has 0 aliphatic carbocycles. The average Bonchev–Trinajstić information content (AvgIpc) is 3.38. The quantitative estimate of drug-likeness (QED) is 0.701. The maximum absolute atomic E-state index is 13.9. The maximum Gasteiger partial charge on any atom is 0.253 e. The highest BCUT2D eigenvalue weighted by atomic mass is 19.2. The van der Waals surface area contributed by atoms with E-state index in [1.807, 2.05) is 6.07 Å². The van der Waals surface area contributed by atoms with Gasteiger partial charge in [-0.15, -0.1) is 0 Å². The maximum atomic E-state index is 13.9. The average molecular weight is 456 g/mol. The highest BCUT2D eigenvalue weighted by Crippen LogP contribution is 2.33. The van der Waals surface area contributed by atoms with E-state index in [1.54, 1.807) is 34.1 Å². The first-order chi connectivity index (χ1) is 15.8. The first-order valence-corrected chi connectivity index (χ1v) is 10.7. The molecule has 33 heavy (non-hydrogen) atoms. The number of nitrogens with zero attached hydrogens (tertiary/aromatic N) is 3. The molecule has 2 heterocycles. The molecule has 0 aromatic heterocycles. The molecule has 4 rings (SSSR count). The Hall–Kier alpha value is -3.38. The van der Waals surface area contributed by atoms with Crippen molar-refractivity contribution in [3.05, 3.63) is 70.5 Å². The van der Waals surface area contributed by atoms with E-state index in [0.29, 0.717) is 36.8 Å². The summed E-state index contributed by atoms with van der Waals surface area (Å²) in [5.74, 6) is -3.58. The summed E-state index contributed by atoms with van der Waals surface area (Å²) in [4.78, 5) is 29.2. The monoisotopic (exact) mass is 456 g/mol. The van der Waals surface area contributed by atoms with Gasteiger partial charge in [0.2, 0.25) is 5.91 Å². The van der Waals surface area contributed by atoms with Crippen molar-refractivity contribution in [1.82, 2.24) is 9.80 Å². The van der Waals surface area contributed by atoms with Crippen molar-refractivity contribution >= 4 is 11.8 Å². The molecule has 0 spiro atoms. The molecule has 2 fully saturated rings. The molecule has 2 saturated heterocycles. The number of amides is 2. The van der Waals surface area contributed by atoms with Crippen molar-refractivity contribution in [2.75, 3.05) is 19.6 Å². The van der Waals surface area contributed by atoms with Crippen LogP contribution in [0.25, 0.3) is 0 Å². The summed E-state index contributed by atoms with van der Waals surface area (Å²) in [7, 11) is 0. The summed E-state index contributed by atoms with van der Waals surface area (Å²) >= 11 is 0. The number of rotatable bonds is 5. The highest BCUT2D eigenvalue weighted by Gasteiger charge is 2.44. The predicted molar refractivity (Wildman–Crippen MR) is 113 cm³/mol. The molecule has 6 nitrogen and oxygen atoms in total. The van der Waals surface area contributed by atoms with Gasteiger partial charge in [-0.2, -0.15) is 5.26 Å². The van der Waals surface area contributed by atoms with Crippen LogP contribution >= 0.6 is 0 Å². The highest BCUT2D eigenvalue weighted by molar-refractivity contribution is 5.95. The first kappa shape index (κ1) is 22.8. The minimum Gasteiger partial charge on any atom is -0.338 e. The minimum atomic E-state index is -1.27. The van der Waals surface area contributed by atoms with Crippen LogP contribution in [-0.2, 0) is 11.2 Å². The number of likely N-dealkylation sites (tertiary alicyclic amines) is 2. The molecule has 2 aliphatic heterocycles. The van der Waals surface area contributed by atoms with Crippen LogP contribution in [0.3, 0.4) is 0 Å². The van der Waals surface area contributed by atoms with Crippen molar-refractivity contribution in [1.29, 1.82) is 5.26 Å². The lowest BCUT2D eigenvalue weighted by Gasteiger charge is -2.26. The van der Waals surface area contributed by atoms with Crippen molar-refractivity contribution in [2.45, 2.75) is 31.3 Å². The van der Waals surface area contributed by atoms with Gasteiger partial charge >= 0.3 is 0 Å². The molecule has 2 aromatic rings. The third kappa shape index (κ3) is 4.71. The van der Waals surface area contributed by atoms with Crippen molar-refractivity contribution in [2.24, 2.45) is 11.7 Å². The number of benzene rings is 2. The molecule has 0 radical (unpaired) electrons. The number of hydrogen-bond donors (Lipinski definition) is 1. The topological polar surface area (TPSA) is 90.4 Å². The van der Waals surface area contributed by atoms with E-state index in [4.69, 9.17) is 11.0 Å². The van der Waals surface area contributed by atoms with Crippen LogP contribution in [0.4, 0.5) is 13.2 Å². The third-order valence-corrected chi connectivity index (χ3v) is 6.40. The smallest absolute Gasteiger partial charge is 0.253 e. The van der Waals surface area contributed by atoms with Gasteiger partial charge in [0.15, 0.2) is 11.6 Å². The Balaban J connectivity index is 1.37. The number of nitrogens with two attached hydrogens (primary N) is 1. The van der Waals surface area contributed by atoms with Crippen LogP contribution in [0, 0.1) is 34.7 Å². The molecular formula is C24H23F3N4O2. The number of nitriles is 1. The zero-order valence-electron chi connectivity index (χ0n) is 17.8. The fourth-order valence-electron chi connectivity index (χ4n) is 4.76. The van der Waals surface area contributed by atoms with Gasteiger partial charge in [-0.1, -0.05) is 6.07 Å². The Bertz CT molecular complexity index is 1130. The molecule has 0 unspecified atom stereocenters. The summed E-state index contributed by atoms with van der Waals surface area (Å²) < 4.78 is 40.4. The fourth-order valence-corrected chi connectivity index (χ4v) is 4.76. The van der Waals surface area contributed by atoms with Crippen molar-refractivity contribution in [3.63, 3.8) is 0 Å². The first-order valence-electron chi connectivity index (χ1n) is 10.7. The Morgan fingerprint density at radius 3 is 2.64 bits per heavy atom. The van der Waals surface area contributed by atoms with Gasteiger partial charge in [-0.05, 0) is 42.7 Å². The Morgan fingerprint density at radius 2 is 1.88 bits per heavy atom. The van der Waals surface area contributed by atoms with E-state index in [9.17, 15) is 22.8 Å². The van der Waals surface area contributed by atoms with Crippen molar-refractivity contribution < 1.29 is 22.8 Å². The van der Waals surface area contributed by atoms with E-state index in [1.165, 1.54) is 0 Å². The van der Waals surface area contributed by atoms with Gasteiger partial charge in [0.25, 0.3) is 5.91 Å². The van der Waals surface area contributed by atoms with Gasteiger partial charge in [0.1, 0.15) is 5.82 Å². The predicted octanol–water partition coefficient (Wildman–Crippen LogP) is 2.61. The number of hydrogen-bond acceptors (Lipinski definition) is 4. The second-order valence-corrected chi connectivity index (χ2v) is 8.63. The molecule has 2 amide bonds. The largest absolute Gasteiger partial charge is 0.338 e. The number of carbonyl (C=O) groups is 2. The van der Waals surface area contributed by atoms with E-state index in [-0.39, 0.29) is 42.2 Å². The molecule has 2 aromatic carbocycles. The van der Waals surface area contributed by atoms with Gasteiger partial charge in [0.05, 0.1) is 17.7 Å². The van der Waals surface area contributed by atoms with Gasteiger partial charge in [0, 0.05) is 49.6 Å². The van der Waals surface area contributed by atoms with E-state index < -0.39 is 23.5 Å². The zero-order chi connectivity index (χ0) is 23.7. The van der Waals surface area contributed by atoms with Crippen LogP contribution in [-0.4, -0.2) is 53.3 Å². The summed E-state index contributed by atoms with van der Waals surface area (Å²) in [6.07, 6.45) is 0.585. The molecule has 0 bridgehead atoms. The van der Waals surface area contributed by atoms with Crippen LogP contribution in [0.5, 0.6) is 0 Å². The van der Waals surface area contributed by atoms with Crippen LogP contribution in [0.2, 0.25) is 0 Å². The van der Waals surface area contributed by atoms with E-state index >= 15 is 0 Å². The lowest BCUT2D eigenvalue weighted by Crippen LogP contribution is -2.43. The van der Waals surface area contributed by atoms with Crippen molar-refractivity contribution in [3.8, 4) is 6.07 Å². The summed E-state index contributed by atoms with van der Waals surface area (Å²) in [5.41, 5.74) is 6.79. The zero-order valence-corrected chi connectivity index (χ0v) is 17.8. The summed E-state index contributed by atoms with van der Waals surface area (Å²) in [6.45, 7) is 1.46. The molecule has 2 N–H and O–H groups in total. The lowest BCUT2D eigenvalue weighted by atomic mass is 10.0. The standard InChI is InChI=1S/C24H23F3N4O2/c25-19-10-21(27)20(26)8-17(19)7-18(29)9-23(32)31-5-4-16-12-30(13-22(16)31)24(33)15-3-1-2-14(6-15)11-28/h1-3,6,8,10,16,18,22H,4-5,7,9,12-13,29H2/t16-,18+,22+/m0/s1. The molecular weight excluding hydrogens is 433 g/mol. The van der Waals surface area contributed by atoms with E-state index in [0.717, 1.165) is 12.5 Å². The molecule has 0 saturated carbocycles. The molecule has 9 heteroatoms. The number of carbonyl (C=O) groups excluding carboxylic acids is 2. The van der Waals surface area contributed by atoms with Gasteiger partial charge in [-0.3, -0.25) is 9.59 Å². The fraction of sp³-hybridized carbons (Fsp3) is 0.375. The minimum absolute atomic E-state index is 0.0696. The number of halogens is 3.